The van der Waals surface area contributed by atoms with Crippen molar-refractivity contribution in [3.63, 3.8) is 0 Å². The predicted octanol–water partition coefficient (Wildman–Crippen LogP) is 4.39. The summed E-state index contributed by atoms with van der Waals surface area (Å²) in [6.45, 7) is 3.84. The van der Waals surface area contributed by atoms with Crippen LogP contribution in [0.3, 0.4) is 0 Å². The average molecular weight is 404 g/mol. The van der Waals surface area contributed by atoms with Gasteiger partial charge in [0.25, 0.3) is 0 Å². The van der Waals surface area contributed by atoms with Crippen LogP contribution in [-0.2, 0) is 0 Å². The van der Waals surface area contributed by atoms with Crippen LogP contribution in [0.15, 0.2) is 48.9 Å². The maximum atomic E-state index is 6.09. The van der Waals surface area contributed by atoms with Gasteiger partial charge >= 0.3 is 0 Å². The molecule has 30 heavy (non-hydrogen) atoms. The number of ether oxygens (including phenoxy) is 3. The van der Waals surface area contributed by atoms with Gasteiger partial charge in [-0.1, -0.05) is 0 Å². The second kappa shape index (κ2) is 8.20. The number of hydrogen-bond donors (Lipinski definition) is 1. The molecule has 0 bridgehead atoms. The molecule has 7 nitrogen and oxygen atoms in total. The highest BCUT2D eigenvalue weighted by Crippen LogP contribution is 2.36. The highest BCUT2D eigenvalue weighted by molar-refractivity contribution is 5.87. The molecule has 3 heterocycles. The van der Waals surface area contributed by atoms with E-state index in [9.17, 15) is 0 Å². The van der Waals surface area contributed by atoms with Crippen LogP contribution in [0.5, 0.6) is 23.1 Å². The Morgan fingerprint density at radius 1 is 1.03 bits per heavy atom. The number of aromatic amines is 1. The second-order valence-corrected chi connectivity index (χ2v) is 7.43. The van der Waals surface area contributed by atoms with E-state index in [0.717, 1.165) is 41.4 Å². The second-order valence-electron chi connectivity index (χ2n) is 7.43. The molecule has 0 unspecified atom stereocenters. The van der Waals surface area contributed by atoms with Crippen molar-refractivity contribution >= 4 is 21.8 Å². The molecule has 0 spiro atoms. The van der Waals surface area contributed by atoms with Crippen LogP contribution in [0, 0.1) is 0 Å². The van der Waals surface area contributed by atoms with Crippen molar-refractivity contribution in [2.24, 2.45) is 0 Å². The molecule has 0 saturated carbocycles. The van der Waals surface area contributed by atoms with Gasteiger partial charge in [-0.3, -0.25) is 4.90 Å². The lowest BCUT2D eigenvalue weighted by Crippen LogP contribution is -2.25. The summed E-state index contributed by atoms with van der Waals surface area (Å²) in [4.78, 5) is 14.4. The molecule has 154 valence electrons. The molecule has 1 saturated heterocycles. The molecular formula is C23H24N4O3. The number of fused-ring (bicyclic) bond motifs is 2. The Labute approximate surface area is 174 Å². The molecule has 1 aliphatic rings. The Balaban J connectivity index is 1.40. The fourth-order valence-electron chi connectivity index (χ4n) is 3.89. The van der Waals surface area contributed by atoms with Crippen molar-refractivity contribution in [3.8, 4) is 23.1 Å². The van der Waals surface area contributed by atoms with Gasteiger partial charge in [-0.2, -0.15) is 0 Å². The summed E-state index contributed by atoms with van der Waals surface area (Å²) in [7, 11) is 1.64. The summed E-state index contributed by atoms with van der Waals surface area (Å²) >= 11 is 0. The summed E-state index contributed by atoms with van der Waals surface area (Å²) < 4.78 is 17.7. The number of methoxy groups -OCH3 is 1. The third-order valence-corrected chi connectivity index (χ3v) is 5.49. The van der Waals surface area contributed by atoms with Gasteiger partial charge < -0.3 is 19.2 Å². The first-order chi connectivity index (χ1) is 14.8. The van der Waals surface area contributed by atoms with Gasteiger partial charge in [0, 0.05) is 29.7 Å². The van der Waals surface area contributed by atoms with E-state index >= 15 is 0 Å². The lowest BCUT2D eigenvalue weighted by Gasteiger charge is -2.17. The van der Waals surface area contributed by atoms with Crippen molar-refractivity contribution in [1.29, 1.82) is 0 Å². The standard InChI is InChI=1S/C23H24N4O3/c1-28-21-13-18-20(14-22(21)29-11-10-27-8-2-3-9-27)25-15-26-23(18)30-17-4-5-19-16(12-17)6-7-24-19/h4-7,12-15,24H,2-3,8-11H2,1H3. The first kappa shape index (κ1) is 18.7. The van der Waals surface area contributed by atoms with Gasteiger partial charge in [-0.25, -0.2) is 9.97 Å². The maximum absolute atomic E-state index is 6.09. The Kier molecular flexibility index (Phi) is 5.11. The Morgan fingerprint density at radius 3 is 2.80 bits per heavy atom. The molecule has 2 aromatic heterocycles. The number of benzene rings is 2. The lowest BCUT2D eigenvalue weighted by molar-refractivity contribution is 0.230. The number of nitrogens with zero attached hydrogens (tertiary/aromatic N) is 3. The molecule has 1 fully saturated rings. The lowest BCUT2D eigenvalue weighted by atomic mass is 10.2. The molecule has 4 aromatic rings. The average Bonchev–Trinajstić information content (AvgIpc) is 3.45. The summed E-state index contributed by atoms with van der Waals surface area (Å²) in [5.41, 5.74) is 1.81. The van der Waals surface area contributed by atoms with Crippen molar-refractivity contribution in [1.82, 2.24) is 19.9 Å². The van der Waals surface area contributed by atoms with Gasteiger partial charge in [0.15, 0.2) is 11.5 Å². The molecule has 2 aromatic carbocycles. The van der Waals surface area contributed by atoms with E-state index in [4.69, 9.17) is 14.2 Å². The third kappa shape index (κ3) is 3.76. The Bertz CT molecular complexity index is 1170. The molecule has 1 N–H and O–H groups in total. The van der Waals surface area contributed by atoms with Gasteiger partial charge in [-0.05, 0) is 56.3 Å². The minimum absolute atomic E-state index is 0.483. The van der Waals surface area contributed by atoms with Gasteiger partial charge in [0.05, 0.1) is 18.0 Å². The fraction of sp³-hybridized carbons (Fsp3) is 0.304. The first-order valence-electron chi connectivity index (χ1n) is 10.2. The number of likely N-dealkylation sites (tertiary alicyclic amines) is 1. The highest BCUT2D eigenvalue weighted by Gasteiger charge is 2.15. The van der Waals surface area contributed by atoms with E-state index in [1.165, 1.54) is 19.2 Å². The zero-order chi connectivity index (χ0) is 20.3. The van der Waals surface area contributed by atoms with E-state index in [0.29, 0.717) is 29.7 Å². The highest BCUT2D eigenvalue weighted by atomic mass is 16.5. The summed E-state index contributed by atoms with van der Waals surface area (Å²) in [6.07, 6.45) is 5.96. The predicted molar refractivity (Wildman–Crippen MR) is 116 cm³/mol. The molecule has 0 amide bonds. The number of rotatable bonds is 7. The zero-order valence-corrected chi connectivity index (χ0v) is 16.9. The maximum Gasteiger partial charge on any atom is 0.230 e. The van der Waals surface area contributed by atoms with E-state index in [1.54, 1.807) is 7.11 Å². The summed E-state index contributed by atoms with van der Waals surface area (Å²) in [5, 5.41) is 1.85. The third-order valence-electron chi connectivity index (χ3n) is 5.49. The smallest absolute Gasteiger partial charge is 0.230 e. The van der Waals surface area contributed by atoms with Crippen molar-refractivity contribution < 1.29 is 14.2 Å². The fourth-order valence-corrected chi connectivity index (χ4v) is 3.89. The number of hydrogen-bond acceptors (Lipinski definition) is 6. The Hall–Kier alpha value is -3.32. The van der Waals surface area contributed by atoms with Crippen molar-refractivity contribution in [2.45, 2.75) is 12.8 Å². The van der Waals surface area contributed by atoms with Gasteiger partial charge in [0.1, 0.15) is 18.7 Å². The van der Waals surface area contributed by atoms with E-state index in [2.05, 4.69) is 19.9 Å². The van der Waals surface area contributed by atoms with Crippen LogP contribution in [0.1, 0.15) is 12.8 Å². The Morgan fingerprint density at radius 2 is 1.93 bits per heavy atom. The molecule has 5 rings (SSSR count). The normalized spacial score (nSPS) is 14.4. The summed E-state index contributed by atoms with van der Waals surface area (Å²) in [5.74, 6) is 2.52. The number of H-pyrrole nitrogens is 1. The van der Waals surface area contributed by atoms with E-state index in [-0.39, 0.29) is 0 Å². The minimum atomic E-state index is 0.483. The largest absolute Gasteiger partial charge is 0.493 e. The van der Waals surface area contributed by atoms with E-state index in [1.807, 2.05) is 42.6 Å². The zero-order valence-electron chi connectivity index (χ0n) is 16.9. The van der Waals surface area contributed by atoms with Crippen molar-refractivity contribution in [3.05, 3.63) is 48.9 Å². The van der Waals surface area contributed by atoms with Crippen LogP contribution in [0.4, 0.5) is 0 Å². The van der Waals surface area contributed by atoms with Crippen molar-refractivity contribution in [2.75, 3.05) is 33.4 Å². The molecule has 0 aliphatic carbocycles. The molecule has 1 aliphatic heterocycles. The SMILES string of the molecule is COc1cc2c(Oc3ccc4[nH]ccc4c3)ncnc2cc1OCCN1CCCC1. The molecule has 0 radical (unpaired) electrons. The van der Waals surface area contributed by atoms with Gasteiger partial charge in [-0.15, -0.1) is 0 Å². The summed E-state index contributed by atoms with van der Waals surface area (Å²) in [6, 6.07) is 11.7. The monoisotopic (exact) mass is 404 g/mol. The number of nitrogens with one attached hydrogen (secondary N) is 1. The minimum Gasteiger partial charge on any atom is -0.493 e. The quantitative estimate of drug-likeness (QED) is 0.493. The van der Waals surface area contributed by atoms with Crippen LogP contribution < -0.4 is 14.2 Å². The van der Waals surface area contributed by atoms with Gasteiger partial charge in [0.2, 0.25) is 5.88 Å². The van der Waals surface area contributed by atoms with E-state index < -0.39 is 0 Å². The van der Waals surface area contributed by atoms with Crippen LogP contribution >= 0.6 is 0 Å². The van der Waals surface area contributed by atoms with Crippen LogP contribution in [-0.4, -0.2) is 53.2 Å². The number of aromatic nitrogens is 3. The topological polar surface area (TPSA) is 72.5 Å². The molecular weight excluding hydrogens is 380 g/mol. The first-order valence-corrected chi connectivity index (χ1v) is 10.2. The molecule has 0 atom stereocenters. The van der Waals surface area contributed by atoms with Crippen LogP contribution in [0.25, 0.3) is 21.8 Å². The molecule has 7 heteroatoms. The van der Waals surface area contributed by atoms with Crippen LogP contribution in [0.2, 0.25) is 0 Å².